The summed E-state index contributed by atoms with van der Waals surface area (Å²) < 4.78 is 85.6. The minimum atomic E-state index is -4.91. The number of nitrogens with one attached hydrogen (secondary N) is 1. The molecule has 0 spiro atoms. The highest BCUT2D eigenvalue weighted by Gasteiger charge is 2.39. The van der Waals surface area contributed by atoms with E-state index in [-0.39, 0.29) is 30.3 Å². The van der Waals surface area contributed by atoms with Crippen LogP contribution in [0.3, 0.4) is 0 Å². The molecule has 0 amide bonds. The third-order valence-corrected chi connectivity index (χ3v) is 6.19. The molecule has 11 heteroatoms. The second-order valence-electron chi connectivity index (χ2n) is 8.55. The third kappa shape index (κ3) is 5.84. The van der Waals surface area contributed by atoms with Crippen LogP contribution in [0.5, 0.6) is 0 Å². The predicted molar refractivity (Wildman–Crippen MR) is 115 cm³/mol. The minimum absolute atomic E-state index is 0.123. The summed E-state index contributed by atoms with van der Waals surface area (Å²) in [7, 11) is 0. The molecule has 0 bridgehead atoms. The Morgan fingerprint density at radius 3 is 2.26 bits per heavy atom. The zero-order chi connectivity index (χ0) is 25.2. The lowest BCUT2D eigenvalue weighted by Crippen LogP contribution is -2.44. The first kappa shape index (κ1) is 25.2. The van der Waals surface area contributed by atoms with Crippen LogP contribution < -0.4 is 0 Å². The number of likely N-dealkylation sites (tertiary alicyclic amines) is 1. The van der Waals surface area contributed by atoms with Crippen molar-refractivity contribution in [2.24, 2.45) is 0 Å². The Morgan fingerprint density at radius 1 is 1.03 bits per heavy atom. The first-order valence-corrected chi connectivity index (χ1v) is 11.1. The molecule has 0 unspecified atom stereocenters. The van der Waals surface area contributed by atoms with Gasteiger partial charge < -0.3 is 4.74 Å². The Bertz CT molecular complexity index is 1070. The van der Waals surface area contributed by atoms with E-state index < -0.39 is 29.6 Å². The standard InChI is InChI=1S/C24H24F6N4O/c1-15(22-31-14-32-33-22)34-9-5-8-20(21(34)17-6-3-2-4-7-17)35-13-16-10-18(23(25,26)27)12-19(11-16)24(28,29)30/h2-4,6-7,10-12,14-15,20-21H,5,8-9,13H2,1H3,(H,31,32,33)/t15-,20-,21-/m0/s1. The molecule has 1 aliphatic heterocycles. The van der Waals surface area contributed by atoms with E-state index in [2.05, 4.69) is 20.1 Å². The Labute approximate surface area is 198 Å². The van der Waals surface area contributed by atoms with E-state index in [9.17, 15) is 26.3 Å². The van der Waals surface area contributed by atoms with E-state index in [1.807, 2.05) is 37.3 Å². The molecular formula is C24H24F6N4O. The summed E-state index contributed by atoms with van der Waals surface area (Å²) in [5.74, 6) is 0.652. The van der Waals surface area contributed by atoms with Gasteiger partial charge in [-0.3, -0.25) is 10.00 Å². The van der Waals surface area contributed by atoms with Crippen LogP contribution in [0.15, 0.2) is 54.9 Å². The Kier molecular flexibility index (Phi) is 7.18. The molecule has 4 rings (SSSR count). The smallest absolute Gasteiger partial charge is 0.372 e. The molecule has 2 heterocycles. The molecule has 3 atom stereocenters. The average molecular weight is 498 g/mol. The number of hydrogen-bond acceptors (Lipinski definition) is 4. The predicted octanol–water partition coefficient (Wildman–Crippen LogP) is 6.33. The molecule has 0 aliphatic carbocycles. The number of H-pyrrole nitrogens is 1. The molecule has 2 aromatic carbocycles. The van der Waals surface area contributed by atoms with E-state index in [0.717, 1.165) is 12.0 Å². The fourth-order valence-electron chi connectivity index (χ4n) is 4.53. The molecule has 0 saturated carbocycles. The van der Waals surface area contributed by atoms with Gasteiger partial charge in [0.25, 0.3) is 0 Å². The topological polar surface area (TPSA) is 54.0 Å². The molecule has 1 saturated heterocycles. The Morgan fingerprint density at radius 2 is 1.69 bits per heavy atom. The first-order chi connectivity index (χ1) is 16.5. The maximum absolute atomic E-state index is 13.3. The maximum Gasteiger partial charge on any atom is 0.416 e. The van der Waals surface area contributed by atoms with Gasteiger partial charge in [0.05, 0.1) is 35.9 Å². The summed E-state index contributed by atoms with van der Waals surface area (Å²) in [5, 5.41) is 6.77. The van der Waals surface area contributed by atoms with Crippen LogP contribution in [0.4, 0.5) is 26.3 Å². The van der Waals surface area contributed by atoms with Crippen molar-refractivity contribution in [3.8, 4) is 0 Å². The fourth-order valence-corrected chi connectivity index (χ4v) is 4.53. The Hall–Kier alpha value is -2.92. The lowest BCUT2D eigenvalue weighted by molar-refractivity contribution is -0.143. The lowest BCUT2D eigenvalue weighted by atomic mass is 9.90. The van der Waals surface area contributed by atoms with Gasteiger partial charge in [0.1, 0.15) is 12.2 Å². The number of hydrogen-bond donors (Lipinski definition) is 1. The highest BCUT2D eigenvalue weighted by atomic mass is 19.4. The number of alkyl halides is 6. The largest absolute Gasteiger partial charge is 0.416 e. The molecule has 3 aromatic rings. The number of nitrogens with zero attached hydrogens (tertiary/aromatic N) is 3. The van der Waals surface area contributed by atoms with Crippen LogP contribution >= 0.6 is 0 Å². The number of ether oxygens (including phenoxy) is 1. The third-order valence-electron chi connectivity index (χ3n) is 6.19. The molecule has 1 N–H and O–H groups in total. The van der Waals surface area contributed by atoms with Crippen LogP contribution in [0, 0.1) is 0 Å². The quantitative estimate of drug-likeness (QED) is 0.404. The van der Waals surface area contributed by atoms with Crippen molar-refractivity contribution in [3.63, 3.8) is 0 Å². The lowest BCUT2D eigenvalue weighted by Gasteiger charge is -2.44. The molecule has 188 valence electrons. The summed E-state index contributed by atoms with van der Waals surface area (Å²) in [4.78, 5) is 6.41. The van der Waals surface area contributed by atoms with Crippen molar-refractivity contribution in [3.05, 3.63) is 82.9 Å². The van der Waals surface area contributed by atoms with Gasteiger partial charge in [-0.1, -0.05) is 30.3 Å². The van der Waals surface area contributed by atoms with Crippen LogP contribution in [0.1, 0.15) is 59.9 Å². The van der Waals surface area contributed by atoms with Gasteiger partial charge >= 0.3 is 12.4 Å². The van der Waals surface area contributed by atoms with Crippen LogP contribution in [-0.2, 0) is 23.7 Å². The minimum Gasteiger partial charge on any atom is -0.372 e. The zero-order valence-corrected chi connectivity index (χ0v) is 18.8. The summed E-state index contributed by atoms with van der Waals surface area (Å²) >= 11 is 0. The highest BCUT2D eigenvalue weighted by molar-refractivity contribution is 5.33. The summed E-state index contributed by atoms with van der Waals surface area (Å²) in [5.41, 5.74) is -1.95. The van der Waals surface area contributed by atoms with Crippen molar-refractivity contribution in [1.29, 1.82) is 0 Å². The van der Waals surface area contributed by atoms with Gasteiger partial charge in [-0.15, -0.1) is 0 Å². The first-order valence-electron chi connectivity index (χ1n) is 11.1. The van der Waals surface area contributed by atoms with Crippen molar-refractivity contribution in [2.45, 2.75) is 56.9 Å². The van der Waals surface area contributed by atoms with E-state index in [1.165, 1.54) is 6.33 Å². The van der Waals surface area contributed by atoms with Gasteiger partial charge in [-0.25, -0.2) is 4.98 Å². The van der Waals surface area contributed by atoms with Gasteiger partial charge in [0.15, 0.2) is 0 Å². The van der Waals surface area contributed by atoms with Crippen molar-refractivity contribution >= 4 is 0 Å². The van der Waals surface area contributed by atoms with E-state index >= 15 is 0 Å². The molecule has 0 radical (unpaired) electrons. The van der Waals surface area contributed by atoms with Crippen molar-refractivity contribution in [2.75, 3.05) is 6.54 Å². The number of aromatic amines is 1. The normalized spacial score (nSPS) is 20.7. The van der Waals surface area contributed by atoms with Crippen LogP contribution in [0.2, 0.25) is 0 Å². The monoisotopic (exact) mass is 498 g/mol. The maximum atomic E-state index is 13.3. The van der Waals surface area contributed by atoms with Gasteiger partial charge in [-0.05, 0) is 55.6 Å². The Balaban J connectivity index is 1.62. The summed E-state index contributed by atoms with van der Waals surface area (Å²) in [6.45, 7) is 2.29. The molecule has 1 aromatic heterocycles. The summed E-state index contributed by atoms with van der Waals surface area (Å²) in [6, 6.07) is 10.6. The molecule has 5 nitrogen and oxygen atoms in total. The molecule has 35 heavy (non-hydrogen) atoms. The second kappa shape index (κ2) is 9.98. The van der Waals surface area contributed by atoms with Gasteiger partial charge in [-0.2, -0.15) is 31.4 Å². The zero-order valence-electron chi connectivity index (χ0n) is 18.8. The number of benzene rings is 2. The van der Waals surface area contributed by atoms with Crippen molar-refractivity contribution < 1.29 is 31.1 Å². The van der Waals surface area contributed by atoms with Crippen LogP contribution in [-0.4, -0.2) is 32.7 Å². The second-order valence-corrected chi connectivity index (χ2v) is 8.55. The average Bonchev–Trinajstić information content (AvgIpc) is 3.36. The number of rotatable bonds is 6. The van der Waals surface area contributed by atoms with E-state index in [0.29, 0.717) is 30.9 Å². The fraction of sp³-hybridized carbons (Fsp3) is 0.417. The summed E-state index contributed by atoms with van der Waals surface area (Å²) in [6.07, 6.45) is -7.52. The SMILES string of the molecule is C[C@@H](c1ncn[nH]1)N1CCC[C@H](OCc2cc(C(F)(F)F)cc(C(F)(F)F)c2)[C@@H]1c1ccccc1. The van der Waals surface area contributed by atoms with Crippen LogP contribution in [0.25, 0.3) is 0 Å². The van der Waals surface area contributed by atoms with E-state index in [4.69, 9.17) is 4.74 Å². The van der Waals surface area contributed by atoms with Gasteiger partial charge in [0, 0.05) is 0 Å². The number of aromatic nitrogens is 3. The van der Waals surface area contributed by atoms with Gasteiger partial charge in [0.2, 0.25) is 0 Å². The molecular weight excluding hydrogens is 474 g/mol. The number of piperidine rings is 1. The number of halogens is 6. The molecule has 1 aliphatic rings. The highest BCUT2D eigenvalue weighted by Crippen LogP contribution is 2.40. The van der Waals surface area contributed by atoms with Crippen molar-refractivity contribution in [1.82, 2.24) is 20.1 Å². The van der Waals surface area contributed by atoms with E-state index in [1.54, 1.807) is 0 Å². The molecule has 1 fully saturated rings.